The quantitative estimate of drug-likeness (QED) is 0.740. The molecular weight excluding hydrogens is 188 g/mol. The zero-order valence-electron chi connectivity index (χ0n) is 9.40. The van der Waals surface area contributed by atoms with E-state index in [-0.39, 0.29) is 6.04 Å². The zero-order chi connectivity index (χ0) is 10.8. The van der Waals surface area contributed by atoms with Crippen LogP contribution < -0.4 is 0 Å². The van der Waals surface area contributed by atoms with Gasteiger partial charge in [-0.1, -0.05) is 19.9 Å². The first-order chi connectivity index (χ1) is 7.18. The van der Waals surface area contributed by atoms with Crippen molar-refractivity contribution in [2.45, 2.75) is 26.8 Å². The number of hydrogen-bond acceptors (Lipinski definition) is 3. The molecule has 0 unspecified atom stereocenters. The molecule has 0 aliphatic carbocycles. The predicted octanol–water partition coefficient (Wildman–Crippen LogP) is 2.19. The highest BCUT2D eigenvalue weighted by atomic mass is 16.5. The van der Waals surface area contributed by atoms with E-state index in [1.165, 1.54) is 0 Å². The molecule has 1 aliphatic heterocycles. The number of aliphatic imine (C=N–C) groups is 1. The molecule has 1 aromatic heterocycles. The second kappa shape index (κ2) is 4.01. The average molecular weight is 204 g/mol. The molecule has 1 aliphatic rings. The van der Waals surface area contributed by atoms with Crippen LogP contribution in [0.1, 0.15) is 25.1 Å². The van der Waals surface area contributed by atoms with Crippen LogP contribution in [0.15, 0.2) is 23.3 Å². The van der Waals surface area contributed by atoms with E-state index in [4.69, 9.17) is 4.74 Å². The van der Waals surface area contributed by atoms with Crippen LogP contribution in [0.25, 0.3) is 0 Å². The van der Waals surface area contributed by atoms with Gasteiger partial charge in [-0.25, -0.2) is 4.99 Å². The molecule has 2 rings (SSSR count). The Balaban J connectivity index is 2.27. The van der Waals surface area contributed by atoms with E-state index in [0.29, 0.717) is 18.4 Å². The largest absolute Gasteiger partial charge is 0.474 e. The number of hydrogen-bond donors (Lipinski definition) is 0. The molecular formula is C12H16N2O. The number of aromatic nitrogens is 1. The lowest BCUT2D eigenvalue weighted by Crippen LogP contribution is -2.13. The van der Waals surface area contributed by atoms with Crippen molar-refractivity contribution in [1.82, 2.24) is 4.98 Å². The van der Waals surface area contributed by atoms with Crippen molar-refractivity contribution in [2.24, 2.45) is 10.9 Å². The van der Waals surface area contributed by atoms with Gasteiger partial charge in [0.25, 0.3) is 0 Å². The second-order valence-electron chi connectivity index (χ2n) is 4.23. The van der Waals surface area contributed by atoms with Crippen molar-refractivity contribution in [3.63, 3.8) is 0 Å². The maximum atomic E-state index is 5.58. The minimum atomic E-state index is 0.279. The fourth-order valence-electron chi connectivity index (χ4n) is 1.57. The van der Waals surface area contributed by atoms with Gasteiger partial charge in [-0.2, -0.15) is 0 Å². The van der Waals surface area contributed by atoms with Crippen LogP contribution in [0, 0.1) is 12.8 Å². The summed E-state index contributed by atoms with van der Waals surface area (Å²) >= 11 is 0. The predicted molar refractivity (Wildman–Crippen MR) is 60.1 cm³/mol. The summed E-state index contributed by atoms with van der Waals surface area (Å²) < 4.78 is 5.58. The van der Waals surface area contributed by atoms with Crippen LogP contribution >= 0.6 is 0 Å². The molecule has 1 aromatic rings. The molecule has 3 nitrogen and oxygen atoms in total. The second-order valence-corrected chi connectivity index (χ2v) is 4.23. The molecule has 0 spiro atoms. The highest BCUT2D eigenvalue weighted by Gasteiger charge is 2.24. The fraction of sp³-hybridized carbons (Fsp3) is 0.500. The van der Waals surface area contributed by atoms with Gasteiger partial charge in [0.2, 0.25) is 5.90 Å². The normalized spacial score (nSPS) is 20.3. The number of ether oxygens (including phenoxy) is 1. The van der Waals surface area contributed by atoms with Crippen LogP contribution in [0.4, 0.5) is 0 Å². The summed E-state index contributed by atoms with van der Waals surface area (Å²) in [6.45, 7) is 7.03. The zero-order valence-corrected chi connectivity index (χ0v) is 9.40. The van der Waals surface area contributed by atoms with Gasteiger partial charge >= 0.3 is 0 Å². The number of nitrogens with zero attached hydrogens (tertiary/aromatic N) is 2. The standard InChI is InChI=1S/C12H16N2O/c1-8(2)10-7-15-12(14-10)11-9(3)5-4-6-13-11/h4-6,8,10H,7H2,1-3H3/t10-/m0/s1. The Morgan fingerprint density at radius 3 is 2.87 bits per heavy atom. The van der Waals surface area contributed by atoms with Crippen LogP contribution in [-0.4, -0.2) is 23.5 Å². The topological polar surface area (TPSA) is 34.5 Å². The van der Waals surface area contributed by atoms with Crippen molar-refractivity contribution in [3.05, 3.63) is 29.6 Å². The molecule has 0 aromatic carbocycles. The van der Waals surface area contributed by atoms with E-state index >= 15 is 0 Å². The van der Waals surface area contributed by atoms with E-state index in [1.807, 2.05) is 19.1 Å². The van der Waals surface area contributed by atoms with Gasteiger partial charge in [-0.3, -0.25) is 4.98 Å². The molecule has 0 radical (unpaired) electrons. The van der Waals surface area contributed by atoms with E-state index in [9.17, 15) is 0 Å². The van der Waals surface area contributed by atoms with Crippen LogP contribution in [-0.2, 0) is 4.74 Å². The van der Waals surface area contributed by atoms with Gasteiger partial charge < -0.3 is 4.74 Å². The smallest absolute Gasteiger partial charge is 0.236 e. The maximum Gasteiger partial charge on any atom is 0.236 e. The molecule has 0 N–H and O–H groups in total. The Labute approximate surface area is 90.2 Å². The fourth-order valence-corrected chi connectivity index (χ4v) is 1.57. The van der Waals surface area contributed by atoms with E-state index in [0.717, 1.165) is 11.3 Å². The highest BCUT2D eigenvalue weighted by Crippen LogP contribution is 2.17. The third-order valence-electron chi connectivity index (χ3n) is 2.66. The van der Waals surface area contributed by atoms with Crippen molar-refractivity contribution in [3.8, 4) is 0 Å². The third kappa shape index (κ3) is 2.01. The monoisotopic (exact) mass is 204 g/mol. The van der Waals surface area contributed by atoms with Crippen LogP contribution in [0.3, 0.4) is 0 Å². The highest BCUT2D eigenvalue weighted by molar-refractivity contribution is 5.94. The van der Waals surface area contributed by atoms with Gasteiger partial charge in [0.1, 0.15) is 12.3 Å². The van der Waals surface area contributed by atoms with Gasteiger partial charge in [-0.15, -0.1) is 0 Å². The maximum absolute atomic E-state index is 5.58. The molecule has 0 saturated heterocycles. The van der Waals surface area contributed by atoms with Gasteiger partial charge in [0, 0.05) is 6.20 Å². The summed E-state index contributed by atoms with van der Waals surface area (Å²) in [6, 6.07) is 4.23. The Bertz CT molecular complexity index is 385. The van der Waals surface area contributed by atoms with Crippen molar-refractivity contribution in [1.29, 1.82) is 0 Å². The molecule has 1 atom stereocenters. The minimum Gasteiger partial charge on any atom is -0.474 e. The lowest BCUT2D eigenvalue weighted by atomic mass is 10.1. The molecule has 15 heavy (non-hydrogen) atoms. The van der Waals surface area contributed by atoms with Crippen LogP contribution in [0.2, 0.25) is 0 Å². The summed E-state index contributed by atoms with van der Waals surface area (Å²) in [5.41, 5.74) is 1.99. The molecule has 0 bridgehead atoms. The van der Waals surface area contributed by atoms with Gasteiger partial charge in [0.15, 0.2) is 0 Å². The summed E-state index contributed by atoms with van der Waals surface area (Å²) in [6.07, 6.45) is 1.77. The minimum absolute atomic E-state index is 0.279. The first-order valence-electron chi connectivity index (χ1n) is 5.31. The van der Waals surface area contributed by atoms with Crippen LogP contribution in [0.5, 0.6) is 0 Å². The molecule has 2 heterocycles. The molecule has 3 heteroatoms. The summed E-state index contributed by atoms with van der Waals surface area (Å²) in [4.78, 5) is 8.85. The molecule has 80 valence electrons. The van der Waals surface area contributed by atoms with Gasteiger partial charge in [-0.05, 0) is 24.5 Å². The Hall–Kier alpha value is -1.38. The summed E-state index contributed by atoms with van der Waals surface area (Å²) in [5, 5.41) is 0. The number of rotatable bonds is 2. The Morgan fingerprint density at radius 2 is 2.27 bits per heavy atom. The molecule has 0 amide bonds. The Morgan fingerprint density at radius 1 is 1.47 bits per heavy atom. The number of pyridine rings is 1. The van der Waals surface area contributed by atoms with Crippen molar-refractivity contribution in [2.75, 3.05) is 6.61 Å². The third-order valence-corrected chi connectivity index (χ3v) is 2.66. The van der Waals surface area contributed by atoms with Crippen molar-refractivity contribution >= 4 is 5.90 Å². The first-order valence-corrected chi connectivity index (χ1v) is 5.31. The Kier molecular flexibility index (Phi) is 2.71. The van der Waals surface area contributed by atoms with E-state index in [2.05, 4.69) is 23.8 Å². The van der Waals surface area contributed by atoms with Gasteiger partial charge in [0.05, 0.1) is 6.04 Å². The lowest BCUT2D eigenvalue weighted by Gasteiger charge is -2.06. The lowest BCUT2D eigenvalue weighted by molar-refractivity contribution is 0.291. The SMILES string of the molecule is Cc1cccnc1C1=N[C@H](C(C)C)CO1. The number of aryl methyl sites for hydroxylation is 1. The first kappa shape index (κ1) is 10.1. The molecule has 0 fully saturated rings. The summed E-state index contributed by atoms with van der Waals surface area (Å²) in [5.74, 6) is 1.22. The average Bonchev–Trinajstić information content (AvgIpc) is 2.67. The van der Waals surface area contributed by atoms with E-state index in [1.54, 1.807) is 6.20 Å². The summed E-state index contributed by atoms with van der Waals surface area (Å²) in [7, 11) is 0. The van der Waals surface area contributed by atoms with Crippen molar-refractivity contribution < 1.29 is 4.74 Å². The molecule has 0 saturated carbocycles. The van der Waals surface area contributed by atoms with E-state index < -0.39 is 0 Å².